The fourth-order valence-electron chi connectivity index (χ4n) is 2.11. The van der Waals surface area contributed by atoms with E-state index < -0.39 is 0 Å². The number of hydrogen-bond donors (Lipinski definition) is 1. The highest BCUT2D eigenvalue weighted by Gasteiger charge is 2.32. The van der Waals surface area contributed by atoms with Crippen LogP contribution < -0.4 is 5.32 Å². The lowest BCUT2D eigenvalue weighted by Gasteiger charge is -2.00. The zero-order valence-electron chi connectivity index (χ0n) is 12.1. The van der Waals surface area contributed by atoms with Crippen molar-refractivity contribution in [2.24, 2.45) is 5.92 Å². The number of oxazole rings is 1. The van der Waals surface area contributed by atoms with Crippen molar-refractivity contribution >= 4 is 5.91 Å². The Hall–Kier alpha value is -2.18. The lowest BCUT2D eigenvalue weighted by Crippen LogP contribution is -2.24. The van der Waals surface area contributed by atoms with Crippen LogP contribution in [0.2, 0.25) is 0 Å². The van der Waals surface area contributed by atoms with E-state index in [2.05, 4.69) is 34.3 Å². The Kier molecular flexibility index (Phi) is 3.72. The van der Waals surface area contributed by atoms with Crippen molar-refractivity contribution in [3.63, 3.8) is 0 Å². The maximum atomic E-state index is 12.1. The molecule has 0 aliphatic heterocycles. The van der Waals surface area contributed by atoms with E-state index in [0.717, 1.165) is 19.3 Å². The van der Waals surface area contributed by atoms with E-state index >= 15 is 0 Å². The number of carbonyl (C=O) groups is 1. The van der Waals surface area contributed by atoms with Crippen LogP contribution in [0.25, 0.3) is 0 Å². The molecule has 0 unspecified atom stereocenters. The van der Waals surface area contributed by atoms with Crippen LogP contribution in [0.15, 0.2) is 15.3 Å². The predicted octanol–water partition coefficient (Wildman–Crippen LogP) is 2.06. The average Bonchev–Trinajstić information content (AvgIpc) is 2.99. The Morgan fingerprint density at radius 3 is 3.00 bits per heavy atom. The van der Waals surface area contributed by atoms with Gasteiger partial charge in [0, 0.05) is 12.3 Å². The van der Waals surface area contributed by atoms with Crippen LogP contribution >= 0.6 is 0 Å². The van der Waals surface area contributed by atoms with Crippen molar-refractivity contribution < 1.29 is 13.7 Å². The number of carbonyl (C=O) groups excluding carboxylic acids is 1. The zero-order valence-corrected chi connectivity index (χ0v) is 12.1. The Morgan fingerprint density at radius 2 is 2.29 bits per heavy atom. The summed E-state index contributed by atoms with van der Waals surface area (Å²) in [4.78, 5) is 20.3. The minimum Gasteiger partial charge on any atom is -0.447 e. The summed E-state index contributed by atoms with van der Waals surface area (Å²) in [5, 5.41) is 6.61. The third kappa shape index (κ3) is 3.29. The molecule has 2 aromatic rings. The van der Waals surface area contributed by atoms with Gasteiger partial charge in [0.05, 0.1) is 6.54 Å². The Bertz CT molecular complexity index is 628. The molecule has 1 saturated carbocycles. The van der Waals surface area contributed by atoms with Crippen LogP contribution in [-0.4, -0.2) is 21.0 Å². The van der Waals surface area contributed by atoms with Crippen molar-refractivity contribution in [3.8, 4) is 0 Å². The standard InChI is InChI=1S/C14H18N4O3/c1-8(2)5-10-17-11(21-18-10)6-15-14(19)12-13(9-3-4-9)20-7-16-12/h7-9H,3-6H2,1-2H3,(H,15,19). The molecule has 1 aliphatic carbocycles. The number of nitrogens with zero attached hydrogens (tertiary/aromatic N) is 3. The highest BCUT2D eigenvalue weighted by atomic mass is 16.5. The Balaban J connectivity index is 1.58. The molecule has 0 radical (unpaired) electrons. The fourth-order valence-corrected chi connectivity index (χ4v) is 2.11. The van der Waals surface area contributed by atoms with Crippen LogP contribution in [0.4, 0.5) is 0 Å². The minimum absolute atomic E-state index is 0.195. The number of nitrogens with one attached hydrogen (secondary N) is 1. The second kappa shape index (κ2) is 5.67. The SMILES string of the molecule is CC(C)Cc1noc(CNC(=O)c2ncoc2C2CC2)n1. The molecule has 0 saturated heterocycles. The number of amides is 1. The highest BCUT2D eigenvalue weighted by Crippen LogP contribution is 2.41. The quantitative estimate of drug-likeness (QED) is 0.875. The predicted molar refractivity (Wildman–Crippen MR) is 72.5 cm³/mol. The maximum absolute atomic E-state index is 12.1. The monoisotopic (exact) mass is 290 g/mol. The molecule has 0 atom stereocenters. The lowest BCUT2D eigenvalue weighted by atomic mass is 10.1. The molecule has 1 N–H and O–H groups in total. The summed E-state index contributed by atoms with van der Waals surface area (Å²) in [5.74, 6) is 2.27. The van der Waals surface area contributed by atoms with E-state index in [0.29, 0.717) is 35.0 Å². The summed E-state index contributed by atoms with van der Waals surface area (Å²) in [6, 6.07) is 0. The maximum Gasteiger partial charge on any atom is 0.273 e. The summed E-state index contributed by atoms with van der Waals surface area (Å²) < 4.78 is 10.4. The molecular formula is C14H18N4O3. The van der Waals surface area contributed by atoms with Crippen molar-refractivity contribution in [2.75, 3.05) is 0 Å². The lowest BCUT2D eigenvalue weighted by molar-refractivity contribution is 0.0940. The highest BCUT2D eigenvalue weighted by molar-refractivity contribution is 5.93. The van der Waals surface area contributed by atoms with Crippen LogP contribution in [-0.2, 0) is 13.0 Å². The van der Waals surface area contributed by atoms with Gasteiger partial charge in [-0.25, -0.2) is 4.98 Å². The topological polar surface area (TPSA) is 94.1 Å². The molecule has 0 spiro atoms. The van der Waals surface area contributed by atoms with Gasteiger partial charge in [-0.2, -0.15) is 4.98 Å². The molecule has 1 amide bonds. The molecule has 7 nitrogen and oxygen atoms in total. The first-order chi connectivity index (χ1) is 10.1. The summed E-state index contributed by atoms with van der Waals surface area (Å²) >= 11 is 0. The van der Waals surface area contributed by atoms with E-state index in [1.807, 2.05) is 0 Å². The van der Waals surface area contributed by atoms with E-state index in [1.54, 1.807) is 0 Å². The molecule has 2 aromatic heterocycles. The first-order valence-electron chi connectivity index (χ1n) is 7.16. The van der Waals surface area contributed by atoms with Crippen molar-refractivity contribution in [1.82, 2.24) is 20.4 Å². The van der Waals surface area contributed by atoms with Gasteiger partial charge in [-0.15, -0.1) is 0 Å². The van der Waals surface area contributed by atoms with E-state index in [1.165, 1.54) is 6.39 Å². The second-order valence-corrected chi connectivity index (χ2v) is 5.72. The number of aromatic nitrogens is 3. The fraction of sp³-hybridized carbons (Fsp3) is 0.571. The Morgan fingerprint density at radius 1 is 1.48 bits per heavy atom. The average molecular weight is 290 g/mol. The van der Waals surface area contributed by atoms with Crippen molar-refractivity contribution in [2.45, 2.75) is 45.6 Å². The molecule has 7 heteroatoms. The van der Waals surface area contributed by atoms with Crippen molar-refractivity contribution in [3.05, 3.63) is 29.6 Å². The summed E-state index contributed by atoms with van der Waals surface area (Å²) in [6.45, 7) is 4.37. The van der Waals surface area contributed by atoms with E-state index in [-0.39, 0.29) is 12.5 Å². The smallest absolute Gasteiger partial charge is 0.273 e. The molecule has 21 heavy (non-hydrogen) atoms. The molecule has 2 heterocycles. The normalized spacial score (nSPS) is 14.6. The van der Waals surface area contributed by atoms with Gasteiger partial charge in [-0.3, -0.25) is 4.79 Å². The van der Waals surface area contributed by atoms with Gasteiger partial charge in [-0.05, 0) is 18.8 Å². The zero-order chi connectivity index (χ0) is 14.8. The summed E-state index contributed by atoms with van der Waals surface area (Å²) in [7, 11) is 0. The van der Waals surface area contributed by atoms with Gasteiger partial charge in [0.25, 0.3) is 5.91 Å². The molecule has 1 aliphatic rings. The largest absolute Gasteiger partial charge is 0.447 e. The van der Waals surface area contributed by atoms with Gasteiger partial charge in [0.1, 0.15) is 5.76 Å². The second-order valence-electron chi connectivity index (χ2n) is 5.72. The Labute approximate surface area is 122 Å². The molecule has 112 valence electrons. The van der Waals surface area contributed by atoms with Gasteiger partial charge in [0.15, 0.2) is 17.9 Å². The van der Waals surface area contributed by atoms with E-state index in [4.69, 9.17) is 8.94 Å². The van der Waals surface area contributed by atoms with Crippen LogP contribution in [0.5, 0.6) is 0 Å². The van der Waals surface area contributed by atoms with Gasteiger partial charge < -0.3 is 14.3 Å². The molecular weight excluding hydrogens is 272 g/mol. The van der Waals surface area contributed by atoms with Crippen LogP contribution in [0, 0.1) is 5.92 Å². The summed E-state index contributed by atoms with van der Waals surface area (Å²) in [5.41, 5.74) is 0.361. The van der Waals surface area contributed by atoms with Gasteiger partial charge in [0.2, 0.25) is 5.89 Å². The van der Waals surface area contributed by atoms with Gasteiger partial charge in [-0.1, -0.05) is 19.0 Å². The number of hydrogen-bond acceptors (Lipinski definition) is 6. The van der Waals surface area contributed by atoms with Crippen LogP contribution in [0.1, 0.15) is 60.6 Å². The van der Waals surface area contributed by atoms with Gasteiger partial charge >= 0.3 is 0 Å². The minimum atomic E-state index is -0.269. The van der Waals surface area contributed by atoms with E-state index in [9.17, 15) is 4.79 Å². The molecule has 0 bridgehead atoms. The summed E-state index contributed by atoms with van der Waals surface area (Å²) in [6.07, 6.45) is 4.18. The molecule has 0 aromatic carbocycles. The first-order valence-corrected chi connectivity index (χ1v) is 7.16. The number of rotatable bonds is 6. The molecule has 1 fully saturated rings. The third-order valence-electron chi connectivity index (χ3n) is 3.26. The molecule has 3 rings (SSSR count). The van der Waals surface area contributed by atoms with Crippen LogP contribution in [0.3, 0.4) is 0 Å². The third-order valence-corrected chi connectivity index (χ3v) is 3.26. The van der Waals surface area contributed by atoms with Crippen molar-refractivity contribution in [1.29, 1.82) is 0 Å². The first kappa shape index (κ1) is 13.8.